The molecule has 0 aromatic heterocycles. The zero-order valence-electron chi connectivity index (χ0n) is 10.5. The van der Waals surface area contributed by atoms with Gasteiger partial charge in [-0.15, -0.1) is 0 Å². The summed E-state index contributed by atoms with van der Waals surface area (Å²) in [6.07, 6.45) is -0.761. The smallest absolute Gasteiger partial charge is 0.326 e. The Morgan fingerprint density at radius 2 is 1.63 bits per heavy atom. The minimum absolute atomic E-state index is 0.341. The van der Waals surface area contributed by atoms with Crippen LogP contribution in [0.3, 0.4) is 0 Å². The molecule has 0 saturated heterocycles. The van der Waals surface area contributed by atoms with Crippen molar-refractivity contribution in [2.24, 2.45) is 11.7 Å². The first-order valence-electron chi connectivity index (χ1n) is 5.46. The average Bonchev–Trinajstić information content (AvgIpc) is 2.23. The lowest BCUT2D eigenvalue weighted by Crippen LogP contribution is -2.55. The molecule has 0 bridgehead atoms. The normalized spacial score (nSPS) is 13.4. The summed E-state index contributed by atoms with van der Waals surface area (Å²) in [6, 6.07) is -3.53. The van der Waals surface area contributed by atoms with Gasteiger partial charge >= 0.3 is 18.0 Å². The predicted octanol–water partition coefficient (Wildman–Crippen LogP) is -1.28. The molecule has 6 N–H and O–H groups in total. The van der Waals surface area contributed by atoms with Crippen molar-refractivity contribution in [1.82, 2.24) is 10.6 Å². The SMILES string of the molecule is CC(C)C(NC(N)=O)C(=O)N[C@@H](CC(=O)O)C(=O)O. The molecule has 0 saturated carbocycles. The second-order valence-electron chi connectivity index (χ2n) is 4.23. The van der Waals surface area contributed by atoms with Crippen LogP contribution in [0.1, 0.15) is 20.3 Å². The number of amides is 3. The van der Waals surface area contributed by atoms with Crippen LogP contribution in [0, 0.1) is 5.92 Å². The molecule has 0 aromatic rings. The monoisotopic (exact) mass is 275 g/mol. The molecular weight excluding hydrogens is 258 g/mol. The lowest BCUT2D eigenvalue weighted by molar-refractivity contribution is -0.147. The standard InChI is InChI=1S/C10H17N3O6/c1-4(2)7(13-10(11)19)8(16)12-5(9(17)18)3-6(14)15/h4-5,7H,3H2,1-2H3,(H,12,16)(H,14,15)(H,17,18)(H3,11,13,19)/t5-,7?/m0/s1. The highest BCUT2D eigenvalue weighted by atomic mass is 16.4. The van der Waals surface area contributed by atoms with Crippen LogP contribution in [0.15, 0.2) is 0 Å². The minimum atomic E-state index is -1.57. The second-order valence-corrected chi connectivity index (χ2v) is 4.23. The Hall–Kier alpha value is -2.32. The maximum Gasteiger partial charge on any atom is 0.326 e. The molecule has 0 radical (unpaired) electrons. The number of nitrogens with two attached hydrogens (primary N) is 1. The van der Waals surface area contributed by atoms with E-state index in [-0.39, 0.29) is 5.92 Å². The fraction of sp³-hybridized carbons (Fsp3) is 0.600. The molecule has 9 heteroatoms. The van der Waals surface area contributed by atoms with Crippen molar-refractivity contribution in [1.29, 1.82) is 0 Å². The Bertz CT molecular complexity index is 381. The van der Waals surface area contributed by atoms with Gasteiger partial charge in [-0.3, -0.25) is 9.59 Å². The quantitative estimate of drug-likeness (QED) is 0.389. The number of nitrogens with one attached hydrogen (secondary N) is 2. The molecule has 0 aliphatic carbocycles. The van der Waals surface area contributed by atoms with Crippen LogP contribution in [0.5, 0.6) is 0 Å². The van der Waals surface area contributed by atoms with Gasteiger partial charge in [-0.05, 0) is 5.92 Å². The zero-order valence-corrected chi connectivity index (χ0v) is 10.5. The van der Waals surface area contributed by atoms with Crippen LogP contribution >= 0.6 is 0 Å². The average molecular weight is 275 g/mol. The number of carboxylic acids is 2. The molecule has 2 atom stereocenters. The van der Waals surface area contributed by atoms with E-state index in [9.17, 15) is 19.2 Å². The van der Waals surface area contributed by atoms with Crippen molar-refractivity contribution in [3.63, 3.8) is 0 Å². The van der Waals surface area contributed by atoms with Gasteiger partial charge in [-0.1, -0.05) is 13.8 Å². The van der Waals surface area contributed by atoms with Gasteiger partial charge < -0.3 is 26.6 Å². The zero-order chi connectivity index (χ0) is 15.2. The Morgan fingerprint density at radius 1 is 1.11 bits per heavy atom. The summed E-state index contributed by atoms with van der Waals surface area (Å²) in [7, 11) is 0. The number of primary amides is 1. The molecule has 3 amide bonds. The highest BCUT2D eigenvalue weighted by Gasteiger charge is 2.29. The van der Waals surface area contributed by atoms with E-state index >= 15 is 0 Å². The Morgan fingerprint density at radius 3 is 1.95 bits per heavy atom. The molecule has 9 nitrogen and oxygen atoms in total. The van der Waals surface area contributed by atoms with Gasteiger partial charge in [0.15, 0.2) is 0 Å². The lowest BCUT2D eigenvalue weighted by Gasteiger charge is -2.22. The number of hydrogen-bond donors (Lipinski definition) is 5. The summed E-state index contributed by atoms with van der Waals surface area (Å²) in [5, 5.41) is 21.5. The molecule has 0 aromatic carbocycles. The van der Waals surface area contributed by atoms with E-state index in [0.717, 1.165) is 0 Å². The van der Waals surface area contributed by atoms with E-state index in [1.54, 1.807) is 13.8 Å². The second kappa shape index (κ2) is 7.19. The van der Waals surface area contributed by atoms with E-state index in [1.807, 2.05) is 5.32 Å². The number of carbonyl (C=O) groups is 4. The topological polar surface area (TPSA) is 159 Å². The van der Waals surface area contributed by atoms with E-state index < -0.39 is 42.4 Å². The van der Waals surface area contributed by atoms with E-state index in [4.69, 9.17) is 15.9 Å². The fourth-order valence-electron chi connectivity index (χ4n) is 1.32. The van der Waals surface area contributed by atoms with Crippen LogP contribution in [-0.4, -0.2) is 46.2 Å². The van der Waals surface area contributed by atoms with Gasteiger partial charge in [0.1, 0.15) is 12.1 Å². The number of hydrogen-bond acceptors (Lipinski definition) is 4. The summed E-state index contributed by atoms with van der Waals surface area (Å²) >= 11 is 0. The van der Waals surface area contributed by atoms with E-state index in [2.05, 4.69) is 5.32 Å². The van der Waals surface area contributed by atoms with E-state index in [0.29, 0.717) is 0 Å². The maximum atomic E-state index is 11.8. The summed E-state index contributed by atoms with van der Waals surface area (Å²) in [5.74, 6) is -3.98. The lowest BCUT2D eigenvalue weighted by atomic mass is 10.0. The van der Waals surface area contributed by atoms with Crippen molar-refractivity contribution >= 4 is 23.9 Å². The first kappa shape index (κ1) is 16.7. The third kappa shape index (κ3) is 6.24. The molecule has 0 aliphatic rings. The van der Waals surface area contributed by atoms with Gasteiger partial charge in [-0.2, -0.15) is 0 Å². The third-order valence-electron chi connectivity index (χ3n) is 2.24. The summed E-state index contributed by atoms with van der Waals surface area (Å²) in [5.41, 5.74) is 4.90. The van der Waals surface area contributed by atoms with Crippen molar-refractivity contribution in [3.05, 3.63) is 0 Å². The van der Waals surface area contributed by atoms with Gasteiger partial charge in [0, 0.05) is 0 Å². The largest absolute Gasteiger partial charge is 0.481 e. The highest BCUT2D eigenvalue weighted by molar-refractivity contribution is 5.91. The maximum absolute atomic E-state index is 11.8. The number of carboxylic acid groups (broad SMARTS) is 2. The highest BCUT2D eigenvalue weighted by Crippen LogP contribution is 2.03. The van der Waals surface area contributed by atoms with Crippen LogP contribution in [0.2, 0.25) is 0 Å². The molecule has 19 heavy (non-hydrogen) atoms. The van der Waals surface area contributed by atoms with Gasteiger partial charge in [-0.25, -0.2) is 9.59 Å². The predicted molar refractivity (Wildman–Crippen MR) is 63.2 cm³/mol. The van der Waals surface area contributed by atoms with Gasteiger partial charge in [0.2, 0.25) is 5.91 Å². The number of carbonyl (C=O) groups excluding carboxylic acids is 2. The molecule has 0 spiro atoms. The van der Waals surface area contributed by atoms with Crippen molar-refractivity contribution in [2.75, 3.05) is 0 Å². The molecule has 108 valence electrons. The fourth-order valence-corrected chi connectivity index (χ4v) is 1.32. The Balaban J connectivity index is 4.80. The Labute approximate surface area is 109 Å². The van der Waals surface area contributed by atoms with Crippen LogP contribution in [0.4, 0.5) is 4.79 Å². The summed E-state index contributed by atoms with van der Waals surface area (Å²) in [4.78, 5) is 43.8. The van der Waals surface area contributed by atoms with Crippen molar-refractivity contribution < 1.29 is 29.4 Å². The molecule has 0 fully saturated rings. The molecular formula is C10H17N3O6. The minimum Gasteiger partial charge on any atom is -0.481 e. The summed E-state index contributed by atoms with van der Waals surface area (Å²) in [6.45, 7) is 3.24. The first-order valence-corrected chi connectivity index (χ1v) is 5.46. The van der Waals surface area contributed by atoms with Gasteiger partial charge in [0.05, 0.1) is 6.42 Å². The van der Waals surface area contributed by atoms with Crippen LogP contribution < -0.4 is 16.4 Å². The van der Waals surface area contributed by atoms with Gasteiger partial charge in [0.25, 0.3) is 0 Å². The van der Waals surface area contributed by atoms with Crippen molar-refractivity contribution in [2.45, 2.75) is 32.4 Å². The van der Waals surface area contributed by atoms with Crippen LogP contribution in [-0.2, 0) is 14.4 Å². The third-order valence-corrected chi connectivity index (χ3v) is 2.24. The molecule has 1 unspecified atom stereocenters. The summed E-state index contributed by atoms with van der Waals surface area (Å²) < 4.78 is 0. The first-order chi connectivity index (χ1) is 8.65. The van der Waals surface area contributed by atoms with E-state index in [1.165, 1.54) is 0 Å². The molecule has 0 heterocycles. The number of urea groups is 1. The van der Waals surface area contributed by atoms with Crippen molar-refractivity contribution in [3.8, 4) is 0 Å². The Kier molecular flexibility index (Phi) is 6.31. The molecule has 0 rings (SSSR count). The molecule has 0 aliphatic heterocycles. The van der Waals surface area contributed by atoms with Crippen LogP contribution in [0.25, 0.3) is 0 Å². The number of aliphatic carboxylic acids is 2. The number of rotatable bonds is 7.